The van der Waals surface area contributed by atoms with Crippen LogP contribution in [-0.2, 0) is 17.6 Å². The highest BCUT2D eigenvalue weighted by Crippen LogP contribution is 2.45. The van der Waals surface area contributed by atoms with E-state index in [1.54, 1.807) is 11.8 Å². The van der Waals surface area contributed by atoms with Gasteiger partial charge in [0.25, 0.3) is 0 Å². The summed E-state index contributed by atoms with van der Waals surface area (Å²) in [6.07, 6.45) is 3.12. The SMILES string of the molecule is CCCCNC(=O)Cc1noc(C2Cc3ccccc3S2)n1. The number of nitrogens with zero attached hydrogens (tertiary/aromatic N) is 2. The third kappa shape index (κ3) is 3.50. The average Bonchev–Trinajstić information content (AvgIpc) is 3.13. The van der Waals surface area contributed by atoms with Crippen LogP contribution in [0.3, 0.4) is 0 Å². The van der Waals surface area contributed by atoms with E-state index < -0.39 is 0 Å². The van der Waals surface area contributed by atoms with Gasteiger partial charge in [0.05, 0.1) is 11.7 Å². The predicted octanol–water partition coefficient (Wildman–Crippen LogP) is 2.92. The highest BCUT2D eigenvalue weighted by atomic mass is 32.2. The topological polar surface area (TPSA) is 68.0 Å². The molecule has 2 aromatic rings. The van der Waals surface area contributed by atoms with E-state index in [0.29, 0.717) is 18.3 Å². The van der Waals surface area contributed by atoms with Crippen molar-refractivity contribution in [3.05, 3.63) is 41.5 Å². The van der Waals surface area contributed by atoms with E-state index in [1.165, 1.54) is 10.5 Å². The number of rotatable bonds is 6. The van der Waals surface area contributed by atoms with E-state index in [1.807, 2.05) is 12.1 Å². The Morgan fingerprint density at radius 1 is 1.45 bits per heavy atom. The van der Waals surface area contributed by atoms with E-state index in [2.05, 4.69) is 34.5 Å². The Balaban J connectivity index is 1.57. The number of carbonyl (C=O) groups is 1. The lowest BCUT2D eigenvalue weighted by atomic mass is 10.1. The number of hydrogen-bond acceptors (Lipinski definition) is 5. The fraction of sp³-hybridized carbons (Fsp3) is 0.438. The lowest BCUT2D eigenvalue weighted by Gasteiger charge is -2.01. The second-order valence-corrected chi connectivity index (χ2v) is 6.59. The van der Waals surface area contributed by atoms with Gasteiger partial charge in [0.15, 0.2) is 5.82 Å². The van der Waals surface area contributed by atoms with Crippen LogP contribution in [0.1, 0.15) is 42.3 Å². The molecule has 0 fully saturated rings. The first kappa shape index (κ1) is 15.1. The summed E-state index contributed by atoms with van der Waals surface area (Å²) < 4.78 is 5.34. The quantitative estimate of drug-likeness (QED) is 0.830. The molecule has 1 N–H and O–H groups in total. The monoisotopic (exact) mass is 317 g/mol. The second kappa shape index (κ2) is 6.96. The average molecular weight is 317 g/mol. The van der Waals surface area contributed by atoms with Crippen LogP contribution < -0.4 is 5.32 Å². The molecule has 1 amide bonds. The van der Waals surface area contributed by atoms with Gasteiger partial charge in [0.2, 0.25) is 11.8 Å². The van der Waals surface area contributed by atoms with Gasteiger partial charge in [-0.1, -0.05) is 36.7 Å². The zero-order valence-electron chi connectivity index (χ0n) is 12.5. The van der Waals surface area contributed by atoms with Gasteiger partial charge in [0.1, 0.15) is 0 Å². The first-order chi connectivity index (χ1) is 10.8. The number of aromatic nitrogens is 2. The number of nitrogens with one attached hydrogen (secondary N) is 1. The van der Waals surface area contributed by atoms with Crippen molar-refractivity contribution in [3.63, 3.8) is 0 Å². The zero-order chi connectivity index (χ0) is 15.4. The van der Waals surface area contributed by atoms with Crippen LogP contribution >= 0.6 is 11.8 Å². The van der Waals surface area contributed by atoms with E-state index in [9.17, 15) is 4.79 Å². The molecule has 1 unspecified atom stereocenters. The zero-order valence-corrected chi connectivity index (χ0v) is 13.4. The first-order valence-electron chi connectivity index (χ1n) is 7.60. The molecule has 3 rings (SSSR count). The molecule has 2 heterocycles. The van der Waals surface area contributed by atoms with E-state index in [0.717, 1.165) is 19.3 Å². The fourth-order valence-corrected chi connectivity index (χ4v) is 3.63. The van der Waals surface area contributed by atoms with Gasteiger partial charge in [-0.3, -0.25) is 4.79 Å². The molecule has 1 aliphatic rings. The molecule has 1 aromatic heterocycles. The Labute approximate surface area is 133 Å². The number of benzene rings is 1. The molecule has 22 heavy (non-hydrogen) atoms. The van der Waals surface area contributed by atoms with E-state index in [-0.39, 0.29) is 17.6 Å². The third-order valence-corrected chi connectivity index (χ3v) is 4.88. The van der Waals surface area contributed by atoms with Gasteiger partial charge in [-0.2, -0.15) is 4.98 Å². The molecule has 1 aliphatic heterocycles. The summed E-state index contributed by atoms with van der Waals surface area (Å²) in [5.74, 6) is 1.02. The van der Waals surface area contributed by atoms with Gasteiger partial charge < -0.3 is 9.84 Å². The summed E-state index contributed by atoms with van der Waals surface area (Å²) in [5.41, 5.74) is 1.31. The number of thioether (sulfide) groups is 1. The molecule has 0 spiro atoms. The van der Waals surface area contributed by atoms with Crippen LogP contribution in [0.2, 0.25) is 0 Å². The van der Waals surface area contributed by atoms with Crippen molar-refractivity contribution in [2.45, 2.75) is 42.8 Å². The number of carbonyl (C=O) groups excluding carboxylic acids is 1. The van der Waals surface area contributed by atoms with Crippen molar-refractivity contribution < 1.29 is 9.32 Å². The summed E-state index contributed by atoms with van der Waals surface area (Å²) in [6.45, 7) is 2.79. The van der Waals surface area contributed by atoms with Crippen molar-refractivity contribution >= 4 is 17.7 Å². The minimum atomic E-state index is -0.0526. The highest BCUT2D eigenvalue weighted by molar-refractivity contribution is 7.99. The van der Waals surface area contributed by atoms with E-state index >= 15 is 0 Å². The Bertz CT molecular complexity index is 631. The van der Waals surface area contributed by atoms with E-state index in [4.69, 9.17) is 4.52 Å². The molecule has 0 saturated heterocycles. The van der Waals surface area contributed by atoms with Crippen molar-refractivity contribution in [3.8, 4) is 0 Å². The van der Waals surface area contributed by atoms with Gasteiger partial charge in [-0.05, 0) is 24.5 Å². The van der Waals surface area contributed by atoms with Crippen molar-refractivity contribution in [1.29, 1.82) is 0 Å². The molecule has 1 aromatic carbocycles. The molecule has 1 atom stereocenters. The highest BCUT2D eigenvalue weighted by Gasteiger charge is 2.28. The van der Waals surface area contributed by atoms with Crippen LogP contribution in [0.25, 0.3) is 0 Å². The standard InChI is InChI=1S/C16H19N3O2S/c1-2-3-8-17-15(20)10-14-18-16(21-19-14)13-9-11-6-4-5-7-12(11)22-13/h4-7,13H,2-3,8-10H2,1H3,(H,17,20). The maximum atomic E-state index is 11.8. The summed E-state index contributed by atoms with van der Waals surface area (Å²) in [6, 6.07) is 8.31. The maximum absolute atomic E-state index is 11.8. The predicted molar refractivity (Wildman–Crippen MR) is 84.7 cm³/mol. The normalized spacial score (nSPS) is 16.5. The van der Waals surface area contributed by atoms with Crippen molar-refractivity contribution in [2.24, 2.45) is 0 Å². The molecule has 6 heteroatoms. The molecule has 0 bridgehead atoms. The molecule has 5 nitrogen and oxygen atoms in total. The Morgan fingerprint density at radius 2 is 2.32 bits per heavy atom. The second-order valence-electron chi connectivity index (χ2n) is 5.35. The van der Waals surface area contributed by atoms with Crippen LogP contribution in [0.15, 0.2) is 33.7 Å². The summed E-state index contributed by atoms with van der Waals surface area (Å²) >= 11 is 1.74. The Hall–Kier alpha value is -1.82. The lowest BCUT2D eigenvalue weighted by Crippen LogP contribution is -2.26. The maximum Gasteiger partial charge on any atom is 0.240 e. The summed E-state index contributed by atoms with van der Waals surface area (Å²) in [5, 5.41) is 6.95. The third-order valence-electron chi connectivity index (χ3n) is 3.58. The van der Waals surface area contributed by atoms with Crippen LogP contribution in [-0.4, -0.2) is 22.6 Å². The molecule has 0 aliphatic carbocycles. The number of hydrogen-bond donors (Lipinski definition) is 1. The number of unbranched alkanes of at least 4 members (excludes halogenated alkanes) is 1. The Kier molecular flexibility index (Phi) is 4.77. The molecular weight excluding hydrogens is 298 g/mol. The van der Waals surface area contributed by atoms with Gasteiger partial charge >= 0.3 is 0 Å². The summed E-state index contributed by atoms with van der Waals surface area (Å²) in [7, 11) is 0. The number of fused-ring (bicyclic) bond motifs is 1. The largest absolute Gasteiger partial charge is 0.356 e. The Morgan fingerprint density at radius 3 is 3.14 bits per heavy atom. The molecule has 0 radical (unpaired) electrons. The summed E-state index contributed by atoms with van der Waals surface area (Å²) in [4.78, 5) is 17.4. The lowest BCUT2D eigenvalue weighted by molar-refractivity contribution is -0.120. The van der Waals surface area contributed by atoms with Crippen molar-refractivity contribution in [1.82, 2.24) is 15.5 Å². The minimum absolute atomic E-state index is 0.0526. The van der Waals surface area contributed by atoms with Gasteiger partial charge in [-0.15, -0.1) is 11.8 Å². The minimum Gasteiger partial charge on any atom is -0.356 e. The molecular formula is C16H19N3O2S. The van der Waals surface area contributed by atoms with Crippen molar-refractivity contribution in [2.75, 3.05) is 6.54 Å². The fourth-order valence-electron chi connectivity index (χ4n) is 2.40. The molecule has 0 saturated carbocycles. The van der Waals surface area contributed by atoms with Gasteiger partial charge in [-0.25, -0.2) is 0 Å². The number of amides is 1. The van der Waals surface area contributed by atoms with Crippen LogP contribution in [0, 0.1) is 0 Å². The van der Waals surface area contributed by atoms with Gasteiger partial charge in [0, 0.05) is 11.4 Å². The van der Waals surface area contributed by atoms with Crippen LogP contribution in [0.5, 0.6) is 0 Å². The first-order valence-corrected chi connectivity index (χ1v) is 8.48. The van der Waals surface area contributed by atoms with Crippen LogP contribution in [0.4, 0.5) is 0 Å². The smallest absolute Gasteiger partial charge is 0.240 e. The molecule has 116 valence electrons.